The summed E-state index contributed by atoms with van der Waals surface area (Å²) in [5.74, 6) is -0.866. The van der Waals surface area contributed by atoms with E-state index in [0.717, 1.165) is 22.7 Å². The van der Waals surface area contributed by atoms with Gasteiger partial charge in [0.25, 0.3) is 11.8 Å². The summed E-state index contributed by atoms with van der Waals surface area (Å²) < 4.78 is 0. The van der Waals surface area contributed by atoms with E-state index in [1.165, 1.54) is 32.1 Å². The van der Waals surface area contributed by atoms with Crippen LogP contribution in [-0.4, -0.2) is 47.2 Å². The van der Waals surface area contributed by atoms with Gasteiger partial charge in [0, 0.05) is 31.2 Å². The number of nitrogens with one attached hydrogen (secondary N) is 1. The van der Waals surface area contributed by atoms with Gasteiger partial charge in [-0.3, -0.25) is 24.2 Å². The first-order valence-electron chi connectivity index (χ1n) is 11.1. The summed E-state index contributed by atoms with van der Waals surface area (Å²) in [7, 11) is 2.15. The zero-order chi connectivity index (χ0) is 21.8. The molecule has 4 rings (SSSR count). The second kappa shape index (κ2) is 9.43. The molecule has 162 valence electrons. The Bertz CT molecular complexity index is 946. The highest BCUT2D eigenvalue weighted by atomic mass is 16.2. The van der Waals surface area contributed by atoms with Crippen LogP contribution < -0.4 is 5.32 Å². The number of imide groups is 1. The van der Waals surface area contributed by atoms with E-state index in [1.54, 1.807) is 24.3 Å². The van der Waals surface area contributed by atoms with Crippen LogP contribution in [0.4, 0.5) is 5.69 Å². The lowest BCUT2D eigenvalue weighted by molar-refractivity contribution is -0.116. The van der Waals surface area contributed by atoms with Crippen molar-refractivity contribution < 1.29 is 14.4 Å². The number of carbonyl (C=O) groups is 3. The molecule has 0 saturated heterocycles. The maximum absolute atomic E-state index is 12.6. The van der Waals surface area contributed by atoms with Crippen LogP contribution in [0, 0.1) is 0 Å². The summed E-state index contributed by atoms with van der Waals surface area (Å²) in [6, 6.07) is 15.2. The van der Waals surface area contributed by atoms with Crippen molar-refractivity contribution in [2.75, 3.05) is 18.9 Å². The van der Waals surface area contributed by atoms with Crippen molar-refractivity contribution in [1.82, 2.24) is 9.80 Å². The van der Waals surface area contributed by atoms with Gasteiger partial charge in [-0.1, -0.05) is 49.6 Å². The van der Waals surface area contributed by atoms with Gasteiger partial charge in [0.15, 0.2) is 0 Å². The van der Waals surface area contributed by atoms with E-state index in [1.807, 2.05) is 24.3 Å². The third kappa shape index (κ3) is 4.69. The Labute approximate surface area is 183 Å². The number of benzene rings is 2. The van der Waals surface area contributed by atoms with Crippen molar-refractivity contribution in [3.05, 3.63) is 65.2 Å². The lowest BCUT2D eigenvalue weighted by Gasteiger charge is -2.31. The van der Waals surface area contributed by atoms with Crippen molar-refractivity contribution in [2.24, 2.45) is 0 Å². The van der Waals surface area contributed by atoms with Gasteiger partial charge in [-0.2, -0.15) is 0 Å². The number of para-hydroxylation sites is 1. The molecule has 6 nitrogen and oxygen atoms in total. The van der Waals surface area contributed by atoms with E-state index in [2.05, 4.69) is 17.3 Å². The fourth-order valence-corrected chi connectivity index (χ4v) is 4.57. The van der Waals surface area contributed by atoms with Gasteiger partial charge in [0.1, 0.15) is 0 Å². The van der Waals surface area contributed by atoms with Crippen LogP contribution in [0.5, 0.6) is 0 Å². The van der Waals surface area contributed by atoms with Crippen LogP contribution in [-0.2, 0) is 11.3 Å². The third-order valence-electron chi connectivity index (χ3n) is 6.35. The first kappa shape index (κ1) is 21.2. The van der Waals surface area contributed by atoms with Crippen LogP contribution >= 0.6 is 0 Å². The lowest BCUT2D eigenvalue weighted by atomic mass is 9.94. The highest BCUT2D eigenvalue weighted by molar-refractivity contribution is 6.21. The van der Waals surface area contributed by atoms with Crippen LogP contribution in [0.15, 0.2) is 48.5 Å². The largest absolute Gasteiger partial charge is 0.326 e. The van der Waals surface area contributed by atoms with Crippen LogP contribution in [0.3, 0.4) is 0 Å². The molecule has 1 fully saturated rings. The molecule has 0 aromatic heterocycles. The second-order valence-electron chi connectivity index (χ2n) is 8.47. The first-order chi connectivity index (χ1) is 15.0. The van der Waals surface area contributed by atoms with E-state index in [0.29, 0.717) is 17.2 Å². The second-order valence-corrected chi connectivity index (χ2v) is 8.47. The predicted molar refractivity (Wildman–Crippen MR) is 120 cm³/mol. The number of carbonyl (C=O) groups excluding carboxylic acids is 3. The summed E-state index contributed by atoms with van der Waals surface area (Å²) in [5.41, 5.74) is 2.68. The Morgan fingerprint density at radius 1 is 0.968 bits per heavy atom. The zero-order valence-electron chi connectivity index (χ0n) is 18.0. The van der Waals surface area contributed by atoms with Gasteiger partial charge in [-0.25, -0.2) is 0 Å². The van der Waals surface area contributed by atoms with E-state index in [9.17, 15) is 14.4 Å². The SMILES string of the molecule is CN(Cc1ccccc1NC(=O)CCN1C(=O)c2ccccc2C1=O)C1CCCCC1. The van der Waals surface area contributed by atoms with E-state index >= 15 is 0 Å². The number of hydrogen-bond donors (Lipinski definition) is 1. The Kier molecular flexibility index (Phi) is 6.47. The topological polar surface area (TPSA) is 69.7 Å². The smallest absolute Gasteiger partial charge is 0.261 e. The van der Waals surface area contributed by atoms with Crippen molar-refractivity contribution >= 4 is 23.4 Å². The molecule has 31 heavy (non-hydrogen) atoms. The molecule has 1 N–H and O–H groups in total. The normalized spacial score (nSPS) is 16.6. The van der Waals surface area contributed by atoms with Crippen LogP contribution in [0.2, 0.25) is 0 Å². The number of fused-ring (bicyclic) bond motifs is 1. The highest BCUT2D eigenvalue weighted by Crippen LogP contribution is 2.25. The fourth-order valence-electron chi connectivity index (χ4n) is 4.57. The Hall–Kier alpha value is -2.99. The molecule has 0 radical (unpaired) electrons. The van der Waals surface area contributed by atoms with E-state index in [4.69, 9.17) is 0 Å². The summed E-state index contributed by atoms with van der Waals surface area (Å²) in [6.45, 7) is 0.849. The molecule has 2 aliphatic rings. The Morgan fingerprint density at radius 2 is 1.58 bits per heavy atom. The molecule has 0 spiro atoms. The predicted octanol–water partition coefficient (Wildman–Crippen LogP) is 4.08. The van der Waals surface area contributed by atoms with Crippen molar-refractivity contribution in [3.8, 4) is 0 Å². The van der Waals surface area contributed by atoms with E-state index in [-0.39, 0.29) is 30.7 Å². The minimum Gasteiger partial charge on any atom is -0.326 e. The molecule has 0 unspecified atom stereocenters. The molecule has 3 amide bonds. The Morgan fingerprint density at radius 3 is 2.26 bits per heavy atom. The molecule has 1 aliphatic heterocycles. The molecule has 1 saturated carbocycles. The molecule has 6 heteroatoms. The number of nitrogens with zero attached hydrogens (tertiary/aromatic N) is 2. The molecular weight excluding hydrogens is 390 g/mol. The highest BCUT2D eigenvalue weighted by Gasteiger charge is 2.35. The van der Waals surface area contributed by atoms with E-state index < -0.39 is 0 Å². The summed E-state index contributed by atoms with van der Waals surface area (Å²) in [5, 5.41) is 2.98. The quantitative estimate of drug-likeness (QED) is 0.687. The molecule has 0 atom stereocenters. The molecule has 0 bridgehead atoms. The van der Waals surface area contributed by atoms with Gasteiger partial charge in [0.2, 0.25) is 5.91 Å². The van der Waals surface area contributed by atoms with Crippen molar-refractivity contribution in [3.63, 3.8) is 0 Å². The van der Waals surface area contributed by atoms with Crippen LogP contribution in [0.1, 0.15) is 64.8 Å². The first-order valence-corrected chi connectivity index (χ1v) is 11.1. The van der Waals surface area contributed by atoms with Crippen molar-refractivity contribution in [1.29, 1.82) is 0 Å². The Balaban J connectivity index is 1.35. The summed E-state index contributed by atoms with van der Waals surface area (Å²) in [4.78, 5) is 41.1. The minimum absolute atomic E-state index is 0.0677. The van der Waals surface area contributed by atoms with Gasteiger partial charge >= 0.3 is 0 Å². The molecule has 1 aliphatic carbocycles. The summed E-state index contributed by atoms with van der Waals surface area (Å²) in [6.07, 6.45) is 6.41. The zero-order valence-corrected chi connectivity index (χ0v) is 18.0. The van der Waals surface area contributed by atoms with Crippen LogP contribution in [0.25, 0.3) is 0 Å². The molecule has 2 aromatic rings. The average Bonchev–Trinajstić information content (AvgIpc) is 3.04. The van der Waals surface area contributed by atoms with Gasteiger partial charge in [-0.15, -0.1) is 0 Å². The number of hydrogen-bond acceptors (Lipinski definition) is 4. The summed E-state index contributed by atoms with van der Waals surface area (Å²) >= 11 is 0. The lowest BCUT2D eigenvalue weighted by Crippen LogP contribution is -2.34. The maximum Gasteiger partial charge on any atom is 0.261 e. The van der Waals surface area contributed by atoms with Gasteiger partial charge in [0.05, 0.1) is 11.1 Å². The average molecular weight is 420 g/mol. The molecule has 1 heterocycles. The van der Waals surface area contributed by atoms with Crippen molar-refractivity contribution in [2.45, 2.75) is 51.1 Å². The fraction of sp³-hybridized carbons (Fsp3) is 0.400. The van der Waals surface area contributed by atoms with Gasteiger partial charge < -0.3 is 5.32 Å². The minimum atomic E-state index is -0.331. The third-order valence-corrected chi connectivity index (χ3v) is 6.35. The standard InChI is InChI=1S/C25H29N3O3/c1-27(19-10-3-2-4-11-19)17-18-9-5-8-14-22(18)26-23(29)15-16-28-24(30)20-12-6-7-13-21(20)25(28)31/h5-9,12-14,19H,2-4,10-11,15-17H2,1H3,(H,26,29). The maximum atomic E-state index is 12.6. The number of rotatable bonds is 7. The van der Waals surface area contributed by atoms with Gasteiger partial charge in [-0.05, 0) is 43.7 Å². The molecule has 2 aromatic carbocycles. The number of anilines is 1. The molecular formula is C25H29N3O3. The number of amides is 3. The monoisotopic (exact) mass is 419 g/mol.